The third kappa shape index (κ3) is 5.03. The first-order valence-electron chi connectivity index (χ1n) is 11.2. The molecule has 0 radical (unpaired) electrons. The SMILES string of the molecule is Cc1nc(-c2ccc(C(=O)N3CCN(C(c4ccccc4)c4ccccc4)CC3)cc2)no1.Cl. The summed E-state index contributed by atoms with van der Waals surface area (Å²) < 4.78 is 5.04. The average Bonchev–Trinajstić information content (AvgIpc) is 3.32. The highest BCUT2D eigenvalue weighted by molar-refractivity contribution is 5.94. The van der Waals surface area contributed by atoms with Gasteiger partial charge < -0.3 is 9.42 Å². The number of rotatable bonds is 5. The third-order valence-corrected chi connectivity index (χ3v) is 6.11. The summed E-state index contributed by atoms with van der Waals surface area (Å²) in [6.45, 7) is 4.79. The van der Waals surface area contributed by atoms with Crippen LogP contribution in [0.5, 0.6) is 0 Å². The van der Waals surface area contributed by atoms with Gasteiger partial charge in [-0.1, -0.05) is 78.0 Å². The van der Waals surface area contributed by atoms with E-state index in [9.17, 15) is 4.79 Å². The lowest BCUT2D eigenvalue weighted by molar-refractivity contribution is 0.0597. The number of carbonyl (C=O) groups is 1. The Bertz CT molecular complexity index is 1160. The quantitative estimate of drug-likeness (QED) is 0.406. The number of aryl methyl sites for hydroxylation is 1. The van der Waals surface area contributed by atoms with Crippen molar-refractivity contribution in [1.29, 1.82) is 0 Å². The summed E-state index contributed by atoms with van der Waals surface area (Å²) in [5, 5.41) is 3.94. The monoisotopic (exact) mass is 474 g/mol. The molecule has 0 aliphatic carbocycles. The molecule has 3 aromatic carbocycles. The zero-order valence-electron chi connectivity index (χ0n) is 19.0. The number of carbonyl (C=O) groups excluding carboxylic acids is 1. The Morgan fingerprint density at radius 3 is 1.88 bits per heavy atom. The van der Waals surface area contributed by atoms with Crippen LogP contribution in [0.4, 0.5) is 0 Å². The van der Waals surface area contributed by atoms with Crippen LogP contribution in [0.1, 0.15) is 33.4 Å². The van der Waals surface area contributed by atoms with Crippen LogP contribution in [0.3, 0.4) is 0 Å². The van der Waals surface area contributed by atoms with Crippen molar-refractivity contribution in [1.82, 2.24) is 19.9 Å². The van der Waals surface area contributed by atoms with Crippen LogP contribution < -0.4 is 0 Å². The Labute approximate surface area is 205 Å². The first-order valence-corrected chi connectivity index (χ1v) is 11.2. The molecule has 1 fully saturated rings. The highest BCUT2D eigenvalue weighted by Crippen LogP contribution is 2.29. The highest BCUT2D eigenvalue weighted by Gasteiger charge is 2.28. The van der Waals surface area contributed by atoms with Crippen LogP contribution in [-0.4, -0.2) is 52.0 Å². The zero-order valence-corrected chi connectivity index (χ0v) is 19.8. The Morgan fingerprint density at radius 1 is 0.824 bits per heavy atom. The van der Waals surface area contributed by atoms with Gasteiger partial charge in [-0.2, -0.15) is 4.98 Å². The molecular weight excluding hydrogens is 448 g/mol. The minimum absolute atomic E-state index is 0. The number of nitrogens with zero attached hydrogens (tertiary/aromatic N) is 4. The van der Waals surface area contributed by atoms with Gasteiger partial charge in [-0.3, -0.25) is 9.69 Å². The molecule has 0 bridgehead atoms. The van der Waals surface area contributed by atoms with Gasteiger partial charge in [0, 0.05) is 44.2 Å². The van der Waals surface area contributed by atoms with E-state index in [1.165, 1.54) is 11.1 Å². The maximum atomic E-state index is 13.1. The van der Waals surface area contributed by atoms with E-state index in [1.54, 1.807) is 6.92 Å². The van der Waals surface area contributed by atoms with Gasteiger partial charge >= 0.3 is 0 Å². The molecule has 34 heavy (non-hydrogen) atoms. The van der Waals surface area contributed by atoms with E-state index >= 15 is 0 Å². The van der Waals surface area contributed by atoms with Crippen LogP contribution in [0, 0.1) is 6.92 Å². The molecule has 0 unspecified atom stereocenters. The van der Waals surface area contributed by atoms with E-state index in [-0.39, 0.29) is 24.4 Å². The number of benzene rings is 3. The fourth-order valence-corrected chi connectivity index (χ4v) is 4.43. The molecular formula is C27H27ClN4O2. The summed E-state index contributed by atoms with van der Waals surface area (Å²) in [7, 11) is 0. The number of hydrogen-bond donors (Lipinski definition) is 0. The molecule has 1 aliphatic rings. The maximum Gasteiger partial charge on any atom is 0.253 e. The van der Waals surface area contributed by atoms with Crippen molar-refractivity contribution in [2.75, 3.05) is 26.2 Å². The molecule has 0 saturated carbocycles. The summed E-state index contributed by atoms with van der Waals surface area (Å²) in [6.07, 6.45) is 0. The normalized spacial score (nSPS) is 14.1. The van der Waals surface area contributed by atoms with Gasteiger partial charge in [0.25, 0.3) is 5.91 Å². The van der Waals surface area contributed by atoms with Crippen molar-refractivity contribution in [3.05, 3.63) is 108 Å². The standard InChI is InChI=1S/C27H26N4O2.ClH/c1-20-28-26(29-33-20)23-12-14-24(15-13-23)27(32)31-18-16-30(17-19-31)25(21-8-4-2-5-9-21)22-10-6-3-7-11-22;/h2-15,25H,16-19H2,1H3;1H. The van der Waals surface area contributed by atoms with Gasteiger partial charge in [-0.15, -0.1) is 12.4 Å². The van der Waals surface area contributed by atoms with E-state index in [1.807, 2.05) is 41.3 Å². The molecule has 5 rings (SSSR count). The first-order chi connectivity index (χ1) is 16.2. The topological polar surface area (TPSA) is 62.5 Å². The van der Waals surface area contributed by atoms with Crippen molar-refractivity contribution in [3.8, 4) is 11.4 Å². The lowest BCUT2D eigenvalue weighted by Crippen LogP contribution is -2.49. The van der Waals surface area contributed by atoms with Crippen molar-refractivity contribution in [2.24, 2.45) is 0 Å². The lowest BCUT2D eigenvalue weighted by atomic mass is 9.96. The van der Waals surface area contributed by atoms with Crippen LogP contribution in [0.2, 0.25) is 0 Å². The molecule has 4 aromatic rings. The summed E-state index contributed by atoms with van der Waals surface area (Å²) >= 11 is 0. The first kappa shape index (κ1) is 23.7. The van der Waals surface area contributed by atoms with Crippen molar-refractivity contribution >= 4 is 18.3 Å². The summed E-state index contributed by atoms with van der Waals surface area (Å²) in [5.74, 6) is 1.11. The van der Waals surface area contributed by atoms with Gasteiger partial charge in [0.15, 0.2) is 0 Å². The molecule has 0 atom stereocenters. The second-order valence-corrected chi connectivity index (χ2v) is 8.27. The van der Waals surface area contributed by atoms with Crippen molar-refractivity contribution in [2.45, 2.75) is 13.0 Å². The smallest absolute Gasteiger partial charge is 0.253 e. The van der Waals surface area contributed by atoms with Crippen LogP contribution >= 0.6 is 12.4 Å². The largest absolute Gasteiger partial charge is 0.339 e. The number of amides is 1. The Hall–Kier alpha value is -3.48. The summed E-state index contributed by atoms with van der Waals surface area (Å²) in [4.78, 5) is 21.8. The molecule has 2 heterocycles. The molecule has 1 amide bonds. The van der Waals surface area contributed by atoms with E-state index in [0.717, 1.165) is 18.7 Å². The second-order valence-electron chi connectivity index (χ2n) is 8.27. The van der Waals surface area contributed by atoms with E-state index in [4.69, 9.17) is 4.52 Å². The van der Waals surface area contributed by atoms with Gasteiger partial charge in [0.2, 0.25) is 11.7 Å². The fraction of sp³-hybridized carbons (Fsp3) is 0.222. The molecule has 1 aliphatic heterocycles. The van der Waals surface area contributed by atoms with Crippen molar-refractivity contribution < 1.29 is 9.32 Å². The molecule has 0 N–H and O–H groups in total. The minimum atomic E-state index is 0. The predicted octanol–water partition coefficient (Wildman–Crippen LogP) is 5.01. The number of aromatic nitrogens is 2. The molecule has 0 spiro atoms. The fourth-order valence-electron chi connectivity index (χ4n) is 4.43. The molecule has 174 valence electrons. The Kier molecular flexibility index (Phi) is 7.40. The summed E-state index contributed by atoms with van der Waals surface area (Å²) in [6, 6.07) is 28.8. The number of hydrogen-bond acceptors (Lipinski definition) is 5. The zero-order chi connectivity index (χ0) is 22.6. The molecule has 1 saturated heterocycles. The van der Waals surface area contributed by atoms with E-state index < -0.39 is 0 Å². The number of halogens is 1. The van der Waals surface area contributed by atoms with Crippen molar-refractivity contribution in [3.63, 3.8) is 0 Å². The van der Waals surface area contributed by atoms with Gasteiger partial charge in [-0.05, 0) is 23.3 Å². The number of piperazine rings is 1. The van der Waals surface area contributed by atoms with Gasteiger partial charge in [-0.25, -0.2) is 0 Å². The van der Waals surface area contributed by atoms with Gasteiger partial charge in [0.05, 0.1) is 6.04 Å². The molecule has 6 nitrogen and oxygen atoms in total. The van der Waals surface area contributed by atoms with Crippen LogP contribution in [0.25, 0.3) is 11.4 Å². The lowest BCUT2D eigenvalue weighted by Gasteiger charge is -2.39. The van der Waals surface area contributed by atoms with Gasteiger partial charge in [0.1, 0.15) is 0 Å². The second kappa shape index (κ2) is 10.6. The Balaban J connectivity index is 0.00000274. The third-order valence-electron chi connectivity index (χ3n) is 6.11. The maximum absolute atomic E-state index is 13.1. The highest BCUT2D eigenvalue weighted by atomic mass is 35.5. The predicted molar refractivity (Wildman–Crippen MR) is 134 cm³/mol. The average molecular weight is 475 g/mol. The molecule has 7 heteroatoms. The van der Waals surface area contributed by atoms with Crippen LogP contribution in [0.15, 0.2) is 89.5 Å². The van der Waals surface area contributed by atoms with E-state index in [0.29, 0.717) is 30.4 Å². The molecule has 1 aromatic heterocycles. The Morgan fingerprint density at radius 2 is 1.38 bits per heavy atom. The minimum Gasteiger partial charge on any atom is -0.339 e. The van der Waals surface area contributed by atoms with Crippen LogP contribution in [-0.2, 0) is 0 Å². The van der Waals surface area contributed by atoms with E-state index in [2.05, 4.69) is 63.6 Å². The summed E-state index contributed by atoms with van der Waals surface area (Å²) in [5.41, 5.74) is 4.06.